The lowest BCUT2D eigenvalue weighted by Crippen LogP contribution is -2.41. The summed E-state index contributed by atoms with van der Waals surface area (Å²) in [7, 11) is 0. The molecule has 3 heteroatoms. The summed E-state index contributed by atoms with van der Waals surface area (Å²) in [5.41, 5.74) is 5.13. The smallest absolute Gasteiger partial charge is 0.221 e. The average Bonchev–Trinajstić information content (AvgIpc) is 1.82. The molecule has 3 N–H and O–H groups in total. The molecule has 1 aliphatic carbocycles. The predicted molar refractivity (Wildman–Crippen MR) is 46.3 cm³/mol. The van der Waals surface area contributed by atoms with Crippen LogP contribution in [-0.2, 0) is 4.79 Å². The number of aliphatic hydroxyl groups excluding tert-OH is 1. The van der Waals surface area contributed by atoms with Crippen LogP contribution < -0.4 is 5.73 Å². The minimum atomic E-state index is -0.254. The topological polar surface area (TPSA) is 63.3 Å². The molecule has 0 aromatic rings. The maximum Gasteiger partial charge on any atom is 0.221 e. The summed E-state index contributed by atoms with van der Waals surface area (Å²) in [4.78, 5) is 11.0. The maximum atomic E-state index is 11.0. The van der Waals surface area contributed by atoms with E-state index in [4.69, 9.17) is 5.73 Å². The molecule has 1 amide bonds. The summed E-state index contributed by atoms with van der Waals surface area (Å²) in [6.07, 6.45) is 1.86. The van der Waals surface area contributed by atoms with Crippen LogP contribution in [0.4, 0.5) is 0 Å². The van der Waals surface area contributed by atoms with Gasteiger partial charge in [0.2, 0.25) is 5.91 Å². The molecular formula is C9H17NO2. The van der Waals surface area contributed by atoms with Crippen molar-refractivity contribution in [2.75, 3.05) is 0 Å². The molecule has 1 saturated carbocycles. The van der Waals surface area contributed by atoms with Gasteiger partial charge in [-0.05, 0) is 24.7 Å². The number of rotatable bonds is 1. The van der Waals surface area contributed by atoms with Crippen LogP contribution in [0.25, 0.3) is 0 Å². The highest BCUT2D eigenvalue weighted by atomic mass is 16.3. The first kappa shape index (κ1) is 9.52. The van der Waals surface area contributed by atoms with Crippen molar-refractivity contribution in [1.29, 1.82) is 0 Å². The van der Waals surface area contributed by atoms with Crippen molar-refractivity contribution in [3.63, 3.8) is 0 Å². The van der Waals surface area contributed by atoms with Gasteiger partial charge in [0, 0.05) is 5.92 Å². The van der Waals surface area contributed by atoms with Gasteiger partial charge >= 0.3 is 0 Å². The van der Waals surface area contributed by atoms with Gasteiger partial charge in [-0.15, -0.1) is 0 Å². The molecule has 0 aliphatic heterocycles. The van der Waals surface area contributed by atoms with E-state index in [-0.39, 0.29) is 23.3 Å². The summed E-state index contributed by atoms with van der Waals surface area (Å²) >= 11 is 0. The van der Waals surface area contributed by atoms with E-state index >= 15 is 0 Å². The number of hydrogen-bond acceptors (Lipinski definition) is 2. The maximum absolute atomic E-state index is 11.0. The number of carbonyl (C=O) groups excluding carboxylic acids is 1. The second kappa shape index (κ2) is 3.05. The Kier molecular flexibility index (Phi) is 2.42. The monoisotopic (exact) mass is 171 g/mol. The van der Waals surface area contributed by atoms with Gasteiger partial charge < -0.3 is 10.8 Å². The van der Waals surface area contributed by atoms with E-state index < -0.39 is 0 Å². The van der Waals surface area contributed by atoms with E-state index in [2.05, 4.69) is 0 Å². The van der Waals surface area contributed by atoms with E-state index in [1.807, 2.05) is 13.8 Å². The molecule has 0 aromatic heterocycles. The lowest BCUT2D eigenvalue weighted by atomic mass is 9.67. The SMILES string of the molecule is CC1(C)CC(O)CCC1C(N)=O. The first-order valence-electron chi connectivity index (χ1n) is 4.41. The Labute approximate surface area is 72.9 Å². The van der Waals surface area contributed by atoms with Crippen LogP contribution in [0.5, 0.6) is 0 Å². The van der Waals surface area contributed by atoms with Crippen molar-refractivity contribution in [2.24, 2.45) is 17.1 Å². The van der Waals surface area contributed by atoms with Crippen LogP contribution in [0.3, 0.4) is 0 Å². The van der Waals surface area contributed by atoms with Crippen molar-refractivity contribution in [1.82, 2.24) is 0 Å². The Morgan fingerprint density at radius 2 is 2.08 bits per heavy atom. The fourth-order valence-electron chi connectivity index (χ4n) is 2.13. The lowest BCUT2D eigenvalue weighted by molar-refractivity contribution is -0.128. The van der Waals surface area contributed by atoms with Crippen molar-refractivity contribution in [2.45, 2.75) is 39.2 Å². The van der Waals surface area contributed by atoms with Crippen LogP contribution in [0, 0.1) is 11.3 Å². The molecule has 1 aliphatic rings. The van der Waals surface area contributed by atoms with Crippen LogP contribution in [-0.4, -0.2) is 17.1 Å². The number of nitrogens with two attached hydrogens (primary N) is 1. The number of aliphatic hydroxyl groups is 1. The summed E-state index contributed by atoms with van der Waals surface area (Å²) in [5, 5.41) is 9.39. The molecule has 0 spiro atoms. The van der Waals surface area contributed by atoms with Crippen molar-refractivity contribution in [3.05, 3.63) is 0 Å². The van der Waals surface area contributed by atoms with Crippen LogP contribution >= 0.6 is 0 Å². The normalized spacial score (nSPS) is 34.6. The molecule has 2 unspecified atom stereocenters. The Balaban J connectivity index is 2.70. The third-order valence-electron chi connectivity index (χ3n) is 2.84. The number of primary amides is 1. The van der Waals surface area contributed by atoms with E-state index in [1.54, 1.807) is 0 Å². The molecule has 70 valence electrons. The van der Waals surface area contributed by atoms with Crippen LogP contribution in [0.15, 0.2) is 0 Å². The number of amides is 1. The summed E-state index contributed by atoms with van der Waals surface area (Å²) in [5.74, 6) is -0.298. The van der Waals surface area contributed by atoms with Gasteiger partial charge in [-0.2, -0.15) is 0 Å². The van der Waals surface area contributed by atoms with E-state index in [1.165, 1.54) is 0 Å². The molecule has 2 atom stereocenters. The van der Waals surface area contributed by atoms with Gasteiger partial charge in [0.1, 0.15) is 0 Å². The summed E-state index contributed by atoms with van der Waals surface area (Å²) < 4.78 is 0. The molecule has 0 saturated heterocycles. The highest BCUT2D eigenvalue weighted by molar-refractivity contribution is 5.77. The Morgan fingerprint density at radius 1 is 1.50 bits per heavy atom. The van der Waals surface area contributed by atoms with Crippen LogP contribution in [0.1, 0.15) is 33.1 Å². The molecule has 0 aromatic carbocycles. The molecule has 12 heavy (non-hydrogen) atoms. The van der Waals surface area contributed by atoms with Gasteiger partial charge in [0.15, 0.2) is 0 Å². The molecule has 0 radical (unpaired) electrons. The molecular weight excluding hydrogens is 154 g/mol. The molecule has 0 bridgehead atoms. The Hall–Kier alpha value is -0.570. The zero-order valence-corrected chi connectivity index (χ0v) is 7.71. The van der Waals surface area contributed by atoms with Gasteiger partial charge in [0.25, 0.3) is 0 Å². The van der Waals surface area contributed by atoms with Gasteiger partial charge in [-0.25, -0.2) is 0 Å². The number of carbonyl (C=O) groups is 1. The first-order valence-corrected chi connectivity index (χ1v) is 4.41. The van der Waals surface area contributed by atoms with E-state index in [0.717, 1.165) is 6.42 Å². The van der Waals surface area contributed by atoms with Crippen molar-refractivity contribution >= 4 is 5.91 Å². The Bertz CT molecular complexity index is 189. The summed E-state index contributed by atoms with van der Waals surface area (Å²) in [6, 6.07) is 0. The lowest BCUT2D eigenvalue weighted by Gasteiger charge is -2.38. The minimum Gasteiger partial charge on any atom is -0.393 e. The summed E-state index contributed by atoms with van der Waals surface area (Å²) in [6.45, 7) is 3.98. The predicted octanol–water partition coefficient (Wildman–Crippen LogP) is 0.659. The van der Waals surface area contributed by atoms with Gasteiger partial charge in [-0.3, -0.25) is 4.79 Å². The highest BCUT2D eigenvalue weighted by Gasteiger charge is 2.39. The molecule has 3 nitrogen and oxygen atoms in total. The van der Waals surface area contributed by atoms with Crippen LogP contribution in [0.2, 0.25) is 0 Å². The zero-order chi connectivity index (χ0) is 9.35. The van der Waals surface area contributed by atoms with E-state index in [0.29, 0.717) is 12.8 Å². The zero-order valence-electron chi connectivity index (χ0n) is 7.71. The van der Waals surface area contributed by atoms with Crippen molar-refractivity contribution in [3.8, 4) is 0 Å². The largest absolute Gasteiger partial charge is 0.393 e. The fraction of sp³-hybridized carbons (Fsp3) is 0.889. The molecule has 0 heterocycles. The Morgan fingerprint density at radius 3 is 2.50 bits per heavy atom. The van der Waals surface area contributed by atoms with Crippen molar-refractivity contribution < 1.29 is 9.90 Å². The molecule has 1 rings (SSSR count). The first-order chi connectivity index (χ1) is 5.43. The third kappa shape index (κ3) is 1.78. The van der Waals surface area contributed by atoms with Gasteiger partial charge in [-0.1, -0.05) is 13.8 Å². The van der Waals surface area contributed by atoms with E-state index in [9.17, 15) is 9.90 Å². The standard InChI is InChI=1S/C9H17NO2/c1-9(2)5-6(11)3-4-7(9)8(10)12/h6-7,11H,3-5H2,1-2H3,(H2,10,12). The second-order valence-electron chi connectivity index (χ2n) is 4.38. The minimum absolute atomic E-state index is 0.0686. The van der Waals surface area contributed by atoms with Gasteiger partial charge in [0.05, 0.1) is 6.10 Å². The quantitative estimate of drug-likeness (QED) is 0.608. The average molecular weight is 171 g/mol. The molecule has 1 fully saturated rings. The number of hydrogen-bond donors (Lipinski definition) is 2. The fourth-order valence-corrected chi connectivity index (χ4v) is 2.13. The third-order valence-corrected chi connectivity index (χ3v) is 2.84. The highest BCUT2D eigenvalue weighted by Crippen LogP contribution is 2.40. The second-order valence-corrected chi connectivity index (χ2v) is 4.38.